The average Bonchev–Trinajstić information content (AvgIpc) is 2.23. The van der Waals surface area contributed by atoms with Crippen molar-refractivity contribution in [3.05, 3.63) is 29.8 Å². The van der Waals surface area contributed by atoms with Crippen LogP contribution in [-0.4, -0.2) is 19.1 Å². The van der Waals surface area contributed by atoms with E-state index in [4.69, 9.17) is 0 Å². The van der Waals surface area contributed by atoms with Gasteiger partial charge in [0.2, 0.25) is 0 Å². The van der Waals surface area contributed by atoms with E-state index in [2.05, 4.69) is 83.1 Å². The van der Waals surface area contributed by atoms with E-state index in [1.807, 2.05) is 0 Å². The Morgan fingerprint density at radius 1 is 0.947 bits per heavy atom. The number of hydrogen-bond acceptors (Lipinski definition) is 2. The largest absolute Gasteiger partial charge is 0.374 e. The fourth-order valence-electron chi connectivity index (χ4n) is 2.04. The van der Waals surface area contributed by atoms with Gasteiger partial charge in [-0.2, -0.15) is 0 Å². The molecule has 0 bridgehead atoms. The lowest BCUT2D eigenvalue weighted by Crippen LogP contribution is -2.35. The molecule has 0 heterocycles. The van der Waals surface area contributed by atoms with E-state index in [1.54, 1.807) is 0 Å². The highest BCUT2D eigenvalue weighted by Gasteiger charge is 2.14. The van der Waals surface area contributed by atoms with E-state index in [9.17, 15) is 0 Å². The van der Waals surface area contributed by atoms with Crippen molar-refractivity contribution in [3.63, 3.8) is 0 Å². The van der Waals surface area contributed by atoms with Gasteiger partial charge in [-0.3, -0.25) is 0 Å². The Labute approximate surface area is 119 Å². The van der Waals surface area contributed by atoms with Crippen LogP contribution < -0.4 is 10.2 Å². The third kappa shape index (κ3) is 6.63. The summed E-state index contributed by atoms with van der Waals surface area (Å²) in [5.41, 5.74) is 3.11. The highest BCUT2D eigenvalue weighted by molar-refractivity contribution is 5.47. The monoisotopic (exact) mass is 262 g/mol. The van der Waals surface area contributed by atoms with Crippen molar-refractivity contribution in [1.29, 1.82) is 0 Å². The Hall–Kier alpha value is -1.02. The first-order valence-corrected chi connectivity index (χ1v) is 7.12. The first-order valence-electron chi connectivity index (χ1n) is 7.12. The Balaban J connectivity index is 2.61. The number of nitrogens with zero attached hydrogens (tertiary/aromatic N) is 1. The summed E-state index contributed by atoms with van der Waals surface area (Å²) in [7, 11) is 2.16. The molecule has 0 spiro atoms. The molecule has 0 saturated heterocycles. The summed E-state index contributed by atoms with van der Waals surface area (Å²) in [5.74, 6) is 0. The van der Waals surface area contributed by atoms with Crippen LogP contribution in [0.3, 0.4) is 0 Å². The van der Waals surface area contributed by atoms with Gasteiger partial charge in [0.05, 0.1) is 0 Å². The van der Waals surface area contributed by atoms with Gasteiger partial charge in [0.15, 0.2) is 0 Å². The van der Waals surface area contributed by atoms with Crippen molar-refractivity contribution >= 4 is 5.69 Å². The fourth-order valence-corrected chi connectivity index (χ4v) is 2.04. The smallest absolute Gasteiger partial charge is 0.0363 e. The maximum absolute atomic E-state index is 3.51. The molecule has 0 unspecified atom stereocenters. The van der Waals surface area contributed by atoms with Gasteiger partial charge in [0, 0.05) is 31.4 Å². The summed E-state index contributed by atoms with van der Waals surface area (Å²) in [6.45, 7) is 15.4. The average molecular weight is 262 g/mol. The van der Waals surface area contributed by atoms with Crippen LogP contribution in [0.1, 0.15) is 47.1 Å². The lowest BCUT2D eigenvalue weighted by molar-refractivity contribution is 0.418. The molecule has 1 rings (SSSR count). The lowest BCUT2D eigenvalue weighted by Gasteiger charge is -2.28. The molecule has 1 aromatic carbocycles. The molecule has 0 saturated carbocycles. The number of benzene rings is 1. The Morgan fingerprint density at radius 2 is 1.47 bits per heavy atom. The molecular formula is C17H30N2. The van der Waals surface area contributed by atoms with Gasteiger partial charge in [-0.1, -0.05) is 32.9 Å². The van der Waals surface area contributed by atoms with Crippen LogP contribution in [0.2, 0.25) is 0 Å². The van der Waals surface area contributed by atoms with E-state index in [0.29, 0.717) is 5.41 Å². The van der Waals surface area contributed by atoms with E-state index < -0.39 is 0 Å². The van der Waals surface area contributed by atoms with E-state index in [-0.39, 0.29) is 5.54 Å². The van der Waals surface area contributed by atoms with Gasteiger partial charge in [-0.05, 0) is 43.9 Å². The summed E-state index contributed by atoms with van der Waals surface area (Å²) in [6, 6.07) is 8.86. The molecule has 0 radical (unpaired) electrons. The second-order valence-electron chi connectivity index (χ2n) is 7.69. The first kappa shape index (κ1) is 16.0. The molecule has 0 aliphatic carbocycles. The van der Waals surface area contributed by atoms with Crippen LogP contribution in [0, 0.1) is 5.41 Å². The van der Waals surface area contributed by atoms with Crippen molar-refractivity contribution in [3.8, 4) is 0 Å². The Bertz CT molecular complexity index is 379. The Morgan fingerprint density at radius 3 is 1.89 bits per heavy atom. The van der Waals surface area contributed by atoms with Gasteiger partial charge in [-0.15, -0.1) is 0 Å². The molecule has 1 aromatic rings. The molecule has 0 aromatic heterocycles. The molecule has 2 heteroatoms. The molecule has 2 nitrogen and oxygen atoms in total. The van der Waals surface area contributed by atoms with Crippen LogP contribution in [0.4, 0.5) is 5.69 Å². The van der Waals surface area contributed by atoms with Crippen LogP contribution in [0.15, 0.2) is 24.3 Å². The minimum absolute atomic E-state index is 0.168. The number of anilines is 1. The van der Waals surface area contributed by atoms with Crippen molar-refractivity contribution in [2.24, 2.45) is 5.41 Å². The second kappa shape index (κ2) is 5.96. The van der Waals surface area contributed by atoms with Crippen LogP contribution in [0.5, 0.6) is 0 Å². The number of rotatable bonds is 4. The van der Waals surface area contributed by atoms with Gasteiger partial charge < -0.3 is 10.2 Å². The van der Waals surface area contributed by atoms with Crippen molar-refractivity contribution in [2.75, 3.05) is 18.5 Å². The second-order valence-corrected chi connectivity index (χ2v) is 7.69. The summed E-state index contributed by atoms with van der Waals surface area (Å²) >= 11 is 0. The summed E-state index contributed by atoms with van der Waals surface area (Å²) in [4.78, 5) is 2.32. The zero-order chi connectivity index (χ0) is 14.7. The normalized spacial score (nSPS) is 12.6. The van der Waals surface area contributed by atoms with Gasteiger partial charge >= 0.3 is 0 Å². The third-order valence-corrected chi connectivity index (χ3v) is 2.91. The molecule has 0 aliphatic heterocycles. The molecule has 0 aliphatic rings. The van der Waals surface area contributed by atoms with Crippen molar-refractivity contribution in [2.45, 2.75) is 53.6 Å². The molecular weight excluding hydrogens is 232 g/mol. The van der Waals surface area contributed by atoms with E-state index in [0.717, 1.165) is 13.1 Å². The van der Waals surface area contributed by atoms with Gasteiger partial charge in [0.1, 0.15) is 0 Å². The summed E-state index contributed by atoms with van der Waals surface area (Å²) < 4.78 is 0. The molecule has 108 valence electrons. The van der Waals surface area contributed by atoms with E-state index >= 15 is 0 Å². The minimum atomic E-state index is 0.168. The van der Waals surface area contributed by atoms with Gasteiger partial charge in [-0.25, -0.2) is 0 Å². The molecule has 0 atom stereocenters. The maximum atomic E-state index is 3.51. The minimum Gasteiger partial charge on any atom is -0.374 e. The highest BCUT2D eigenvalue weighted by atomic mass is 15.1. The van der Waals surface area contributed by atoms with E-state index in [1.165, 1.54) is 11.3 Å². The molecule has 0 fully saturated rings. The van der Waals surface area contributed by atoms with Crippen molar-refractivity contribution < 1.29 is 0 Å². The Kier molecular flexibility index (Phi) is 5.03. The maximum Gasteiger partial charge on any atom is 0.0363 e. The molecule has 1 N–H and O–H groups in total. The number of hydrogen-bond donors (Lipinski definition) is 1. The van der Waals surface area contributed by atoms with Crippen LogP contribution >= 0.6 is 0 Å². The molecule has 0 amide bonds. The van der Waals surface area contributed by atoms with Crippen LogP contribution in [-0.2, 0) is 6.54 Å². The zero-order valence-electron chi connectivity index (χ0n) is 13.7. The quantitative estimate of drug-likeness (QED) is 0.880. The highest BCUT2D eigenvalue weighted by Crippen LogP contribution is 2.20. The topological polar surface area (TPSA) is 15.3 Å². The van der Waals surface area contributed by atoms with Gasteiger partial charge in [0.25, 0.3) is 0 Å². The standard InChI is InChI=1S/C17H30N2/c1-16(2,3)13-19(7)15-10-8-14(9-11-15)12-18-17(4,5)6/h8-11,18H,12-13H2,1-7H3. The third-order valence-electron chi connectivity index (χ3n) is 2.91. The predicted molar refractivity (Wildman–Crippen MR) is 85.8 cm³/mol. The predicted octanol–water partition coefficient (Wildman–Crippen LogP) is 4.06. The first-order chi connectivity index (χ1) is 8.57. The summed E-state index contributed by atoms with van der Waals surface area (Å²) in [5, 5.41) is 3.51. The molecule has 19 heavy (non-hydrogen) atoms. The summed E-state index contributed by atoms with van der Waals surface area (Å²) in [6.07, 6.45) is 0. The zero-order valence-corrected chi connectivity index (χ0v) is 13.7. The van der Waals surface area contributed by atoms with Crippen molar-refractivity contribution in [1.82, 2.24) is 5.32 Å². The fraction of sp³-hybridized carbons (Fsp3) is 0.647. The van der Waals surface area contributed by atoms with Crippen LogP contribution in [0.25, 0.3) is 0 Å². The SMILES string of the molecule is CN(CC(C)(C)C)c1ccc(CNC(C)(C)C)cc1. The lowest BCUT2D eigenvalue weighted by atomic mass is 9.96. The number of nitrogens with one attached hydrogen (secondary N) is 1.